The number of para-hydroxylation sites is 1. The number of pyridine rings is 1. The van der Waals surface area contributed by atoms with Gasteiger partial charge in [0.2, 0.25) is 0 Å². The number of hydrogen-bond acceptors (Lipinski definition) is 2. The first-order valence-corrected chi connectivity index (χ1v) is 8.10. The Bertz CT molecular complexity index is 602. The van der Waals surface area contributed by atoms with Crippen LogP contribution in [-0.2, 0) is 6.54 Å². The van der Waals surface area contributed by atoms with Gasteiger partial charge in [-0.1, -0.05) is 39.0 Å². The minimum Gasteiger partial charge on any atom is -0.309 e. The Hall–Kier alpha value is -1.12. The van der Waals surface area contributed by atoms with Gasteiger partial charge in [0.15, 0.2) is 0 Å². The van der Waals surface area contributed by atoms with Gasteiger partial charge >= 0.3 is 0 Å². The molecule has 0 radical (unpaired) electrons. The molecule has 0 amide bonds. The summed E-state index contributed by atoms with van der Waals surface area (Å²) in [6, 6.07) is 10.9. The monoisotopic (exact) mass is 304 g/mol. The van der Waals surface area contributed by atoms with Crippen LogP contribution in [0.5, 0.6) is 0 Å². The molecule has 1 heterocycles. The molecular formula is C18H25ClN2. The van der Waals surface area contributed by atoms with Gasteiger partial charge in [-0.2, -0.15) is 0 Å². The number of benzene rings is 1. The molecule has 3 heteroatoms. The molecule has 1 aromatic heterocycles. The second-order valence-electron chi connectivity index (χ2n) is 6.72. The third-order valence-electron chi connectivity index (χ3n) is 3.91. The van der Waals surface area contributed by atoms with Crippen molar-refractivity contribution < 1.29 is 0 Å². The normalized spacial score (nSPS) is 13.6. The fourth-order valence-corrected chi connectivity index (χ4v) is 2.94. The molecule has 0 spiro atoms. The van der Waals surface area contributed by atoms with E-state index in [2.05, 4.69) is 62.3 Å². The number of nitrogens with zero attached hydrogens (tertiary/aromatic N) is 1. The van der Waals surface area contributed by atoms with Gasteiger partial charge in [0.05, 0.1) is 5.52 Å². The fourth-order valence-electron chi connectivity index (χ4n) is 2.72. The first-order chi connectivity index (χ1) is 9.91. The zero-order chi connectivity index (χ0) is 15.5. The van der Waals surface area contributed by atoms with Gasteiger partial charge in [0.25, 0.3) is 0 Å². The summed E-state index contributed by atoms with van der Waals surface area (Å²) >= 11 is 5.95. The van der Waals surface area contributed by atoms with Crippen molar-refractivity contribution >= 4 is 22.5 Å². The molecule has 0 saturated heterocycles. The molecule has 1 atom stereocenters. The van der Waals surface area contributed by atoms with Gasteiger partial charge < -0.3 is 5.32 Å². The zero-order valence-corrected chi connectivity index (χ0v) is 14.2. The maximum atomic E-state index is 5.95. The highest BCUT2D eigenvalue weighted by Gasteiger charge is 2.23. The second-order valence-corrected chi connectivity index (χ2v) is 7.10. The van der Waals surface area contributed by atoms with Crippen LogP contribution in [0.3, 0.4) is 0 Å². The summed E-state index contributed by atoms with van der Waals surface area (Å²) in [6.07, 6.45) is 0.979. The van der Waals surface area contributed by atoms with Crippen molar-refractivity contribution in [1.29, 1.82) is 0 Å². The van der Waals surface area contributed by atoms with Crippen LogP contribution < -0.4 is 5.32 Å². The van der Waals surface area contributed by atoms with Gasteiger partial charge in [-0.15, -0.1) is 11.6 Å². The fraction of sp³-hybridized carbons (Fsp3) is 0.500. The van der Waals surface area contributed by atoms with E-state index < -0.39 is 0 Å². The van der Waals surface area contributed by atoms with Gasteiger partial charge in [0, 0.05) is 29.5 Å². The van der Waals surface area contributed by atoms with Crippen molar-refractivity contribution in [1.82, 2.24) is 10.3 Å². The van der Waals surface area contributed by atoms with Crippen molar-refractivity contribution in [3.8, 4) is 0 Å². The number of fused-ring (bicyclic) bond motifs is 1. The Morgan fingerprint density at radius 1 is 1.24 bits per heavy atom. The van der Waals surface area contributed by atoms with Crippen LogP contribution in [0.15, 0.2) is 30.3 Å². The van der Waals surface area contributed by atoms with E-state index in [0.29, 0.717) is 11.9 Å². The highest BCUT2D eigenvalue weighted by Crippen LogP contribution is 2.24. The summed E-state index contributed by atoms with van der Waals surface area (Å²) in [4.78, 5) is 4.60. The van der Waals surface area contributed by atoms with Crippen LogP contribution in [0.1, 0.15) is 38.4 Å². The Morgan fingerprint density at radius 3 is 2.62 bits per heavy atom. The van der Waals surface area contributed by atoms with E-state index in [-0.39, 0.29) is 5.41 Å². The third kappa shape index (κ3) is 4.18. The molecule has 0 fully saturated rings. The maximum Gasteiger partial charge on any atom is 0.0708 e. The molecule has 0 saturated carbocycles. The van der Waals surface area contributed by atoms with Crippen molar-refractivity contribution in [3.05, 3.63) is 41.6 Å². The first-order valence-electron chi connectivity index (χ1n) is 7.56. The number of alkyl halides is 1. The van der Waals surface area contributed by atoms with Gasteiger partial charge in [-0.3, -0.25) is 4.98 Å². The predicted molar refractivity (Wildman–Crippen MR) is 91.9 cm³/mol. The summed E-state index contributed by atoms with van der Waals surface area (Å²) in [5, 5.41) is 4.91. The lowest BCUT2D eigenvalue weighted by atomic mass is 9.85. The Balaban J connectivity index is 2.23. The summed E-state index contributed by atoms with van der Waals surface area (Å²) in [7, 11) is 0. The van der Waals surface area contributed by atoms with E-state index >= 15 is 0 Å². The van der Waals surface area contributed by atoms with Gasteiger partial charge in [-0.05, 0) is 36.5 Å². The standard InChI is InChI=1S/C18H25ClN2/c1-13-11-14(15-7-5-6-8-16(15)21-13)12-20-17(9-10-19)18(2,3)4/h5-8,11,17,20H,9-10,12H2,1-4H3. The number of nitrogens with one attached hydrogen (secondary N) is 1. The van der Waals surface area contributed by atoms with Crippen molar-refractivity contribution in [2.24, 2.45) is 5.41 Å². The molecule has 21 heavy (non-hydrogen) atoms. The average molecular weight is 305 g/mol. The number of aryl methyl sites for hydroxylation is 1. The minimum atomic E-state index is 0.201. The smallest absolute Gasteiger partial charge is 0.0708 e. The molecule has 1 aromatic carbocycles. The average Bonchev–Trinajstić information content (AvgIpc) is 2.41. The van der Waals surface area contributed by atoms with Crippen LogP contribution in [0.4, 0.5) is 0 Å². The SMILES string of the molecule is Cc1cc(CNC(CCCl)C(C)(C)C)c2ccccc2n1. The lowest BCUT2D eigenvalue weighted by molar-refractivity contribution is 0.261. The van der Waals surface area contributed by atoms with E-state index in [1.54, 1.807) is 0 Å². The first kappa shape index (κ1) is 16.3. The van der Waals surface area contributed by atoms with E-state index in [0.717, 1.165) is 24.2 Å². The van der Waals surface area contributed by atoms with Crippen molar-refractivity contribution in [3.63, 3.8) is 0 Å². The molecule has 1 unspecified atom stereocenters. The molecule has 1 N–H and O–H groups in total. The van der Waals surface area contributed by atoms with Crippen molar-refractivity contribution in [2.75, 3.05) is 5.88 Å². The quantitative estimate of drug-likeness (QED) is 0.812. The molecule has 0 aliphatic carbocycles. The number of halogens is 1. The predicted octanol–water partition coefficient (Wildman–Crippen LogP) is 4.68. The van der Waals surface area contributed by atoms with E-state index in [1.807, 2.05) is 6.07 Å². The summed E-state index contributed by atoms with van der Waals surface area (Å²) in [5.41, 5.74) is 3.64. The Morgan fingerprint density at radius 2 is 1.95 bits per heavy atom. The van der Waals surface area contributed by atoms with Crippen LogP contribution in [0, 0.1) is 12.3 Å². The van der Waals surface area contributed by atoms with Crippen LogP contribution in [0.25, 0.3) is 10.9 Å². The molecule has 2 nitrogen and oxygen atoms in total. The molecule has 0 aliphatic rings. The largest absolute Gasteiger partial charge is 0.309 e. The molecule has 114 valence electrons. The van der Waals surface area contributed by atoms with Gasteiger partial charge in [0.1, 0.15) is 0 Å². The van der Waals surface area contributed by atoms with Crippen LogP contribution in [0.2, 0.25) is 0 Å². The Labute approximate surface area is 132 Å². The number of aromatic nitrogens is 1. The summed E-state index contributed by atoms with van der Waals surface area (Å²) < 4.78 is 0. The third-order valence-corrected chi connectivity index (χ3v) is 4.13. The molecule has 2 rings (SSSR count). The highest BCUT2D eigenvalue weighted by atomic mass is 35.5. The van der Waals surface area contributed by atoms with E-state index in [4.69, 9.17) is 11.6 Å². The number of hydrogen-bond donors (Lipinski definition) is 1. The Kier molecular flexibility index (Phi) is 5.23. The lowest BCUT2D eigenvalue weighted by Gasteiger charge is -2.31. The van der Waals surface area contributed by atoms with Crippen molar-refractivity contribution in [2.45, 2.75) is 46.7 Å². The second kappa shape index (κ2) is 6.76. The molecule has 2 aromatic rings. The van der Waals surface area contributed by atoms with E-state index in [1.165, 1.54) is 10.9 Å². The topological polar surface area (TPSA) is 24.9 Å². The summed E-state index contributed by atoms with van der Waals surface area (Å²) in [6.45, 7) is 9.67. The van der Waals surface area contributed by atoms with E-state index in [9.17, 15) is 0 Å². The summed E-state index contributed by atoms with van der Waals surface area (Å²) in [5.74, 6) is 0.686. The lowest BCUT2D eigenvalue weighted by Crippen LogP contribution is -2.40. The van der Waals surface area contributed by atoms with Gasteiger partial charge in [-0.25, -0.2) is 0 Å². The zero-order valence-electron chi connectivity index (χ0n) is 13.4. The highest BCUT2D eigenvalue weighted by molar-refractivity contribution is 6.17. The molecular weight excluding hydrogens is 280 g/mol. The molecule has 0 bridgehead atoms. The molecule has 0 aliphatic heterocycles. The maximum absolute atomic E-state index is 5.95. The van der Waals surface area contributed by atoms with Crippen LogP contribution in [-0.4, -0.2) is 16.9 Å². The number of rotatable bonds is 5. The van der Waals surface area contributed by atoms with Crippen LogP contribution >= 0.6 is 11.6 Å². The minimum absolute atomic E-state index is 0.201.